The van der Waals surface area contributed by atoms with Crippen LogP contribution in [0.1, 0.15) is 30.8 Å². The maximum Gasteiger partial charge on any atom is 0.144 e. The van der Waals surface area contributed by atoms with E-state index < -0.39 is 0 Å². The molecule has 20 heavy (non-hydrogen) atoms. The Labute approximate surface area is 121 Å². The molecule has 1 fully saturated rings. The van der Waals surface area contributed by atoms with E-state index in [1.54, 1.807) is 11.3 Å². The molecule has 0 spiro atoms. The lowest BCUT2D eigenvalue weighted by molar-refractivity contribution is 0.445. The fourth-order valence-corrected chi connectivity index (χ4v) is 3.98. The molecule has 1 N–H and O–H groups in total. The van der Waals surface area contributed by atoms with Gasteiger partial charge in [-0.15, -0.1) is 11.3 Å². The Morgan fingerprint density at radius 2 is 2.10 bits per heavy atom. The van der Waals surface area contributed by atoms with Crippen LogP contribution >= 0.6 is 11.3 Å². The molecule has 1 aliphatic carbocycles. The molecule has 0 atom stereocenters. The SMILES string of the molecule is Cc1nc(C)c2c(n1)sc1c(NC3CCC3)nccc12. The van der Waals surface area contributed by atoms with Crippen LogP contribution in [0.2, 0.25) is 0 Å². The van der Waals surface area contributed by atoms with E-state index in [2.05, 4.69) is 33.3 Å². The highest BCUT2D eigenvalue weighted by molar-refractivity contribution is 7.26. The Balaban J connectivity index is 1.95. The van der Waals surface area contributed by atoms with E-state index in [0.717, 1.165) is 22.2 Å². The first-order chi connectivity index (χ1) is 9.72. The minimum absolute atomic E-state index is 0.590. The molecule has 0 amide bonds. The van der Waals surface area contributed by atoms with Crippen molar-refractivity contribution in [3.05, 3.63) is 23.8 Å². The molecular formula is C15H16N4S. The molecule has 1 saturated carbocycles. The Morgan fingerprint density at radius 3 is 2.85 bits per heavy atom. The number of rotatable bonds is 2. The van der Waals surface area contributed by atoms with Gasteiger partial charge in [0.05, 0.1) is 10.4 Å². The van der Waals surface area contributed by atoms with Crippen molar-refractivity contribution in [2.75, 3.05) is 5.32 Å². The van der Waals surface area contributed by atoms with Gasteiger partial charge in [0, 0.05) is 23.0 Å². The highest BCUT2D eigenvalue weighted by Crippen LogP contribution is 2.38. The molecule has 5 heteroatoms. The monoisotopic (exact) mass is 284 g/mol. The molecular weight excluding hydrogens is 268 g/mol. The van der Waals surface area contributed by atoms with Crippen molar-refractivity contribution in [2.45, 2.75) is 39.2 Å². The Bertz CT molecular complexity index is 804. The molecule has 4 nitrogen and oxygen atoms in total. The first kappa shape index (κ1) is 12.0. The van der Waals surface area contributed by atoms with Crippen molar-refractivity contribution in [3.63, 3.8) is 0 Å². The van der Waals surface area contributed by atoms with Crippen LogP contribution in [0.4, 0.5) is 5.82 Å². The molecule has 0 radical (unpaired) electrons. The smallest absolute Gasteiger partial charge is 0.144 e. The largest absolute Gasteiger partial charge is 0.366 e. The fraction of sp³-hybridized carbons (Fsp3) is 0.400. The topological polar surface area (TPSA) is 50.7 Å². The second-order valence-corrected chi connectivity index (χ2v) is 6.45. The summed E-state index contributed by atoms with van der Waals surface area (Å²) in [7, 11) is 0. The van der Waals surface area contributed by atoms with Crippen molar-refractivity contribution in [1.82, 2.24) is 15.0 Å². The van der Waals surface area contributed by atoms with Crippen molar-refractivity contribution >= 4 is 37.5 Å². The summed E-state index contributed by atoms with van der Waals surface area (Å²) < 4.78 is 1.21. The van der Waals surface area contributed by atoms with Gasteiger partial charge >= 0.3 is 0 Å². The molecule has 0 unspecified atom stereocenters. The van der Waals surface area contributed by atoms with E-state index in [-0.39, 0.29) is 0 Å². The van der Waals surface area contributed by atoms with Gasteiger partial charge in [-0.2, -0.15) is 0 Å². The van der Waals surface area contributed by atoms with Gasteiger partial charge in [-0.3, -0.25) is 0 Å². The molecule has 3 aromatic rings. The number of thiophene rings is 1. The van der Waals surface area contributed by atoms with E-state index in [0.29, 0.717) is 6.04 Å². The number of aromatic nitrogens is 3. The molecule has 0 bridgehead atoms. The van der Waals surface area contributed by atoms with Crippen molar-refractivity contribution in [2.24, 2.45) is 0 Å². The highest BCUT2D eigenvalue weighted by Gasteiger charge is 2.20. The maximum absolute atomic E-state index is 4.58. The van der Waals surface area contributed by atoms with E-state index in [4.69, 9.17) is 0 Å². The van der Waals surface area contributed by atoms with E-state index in [9.17, 15) is 0 Å². The number of aryl methyl sites for hydroxylation is 2. The number of pyridine rings is 1. The molecule has 4 rings (SSSR count). The Morgan fingerprint density at radius 1 is 1.25 bits per heavy atom. The van der Waals surface area contributed by atoms with Crippen LogP contribution in [0.25, 0.3) is 20.3 Å². The summed E-state index contributed by atoms with van der Waals surface area (Å²) in [5.41, 5.74) is 1.06. The van der Waals surface area contributed by atoms with Gasteiger partial charge < -0.3 is 5.32 Å². The molecule has 3 heterocycles. The molecule has 0 aromatic carbocycles. The third-order valence-corrected chi connectivity index (χ3v) is 5.09. The normalized spacial score (nSPS) is 15.7. The van der Waals surface area contributed by atoms with E-state index in [1.807, 2.05) is 13.1 Å². The predicted octanol–water partition coefficient (Wildman–Crippen LogP) is 3.82. The maximum atomic E-state index is 4.58. The fourth-order valence-electron chi connectivity index (χ4n) is 2.76. The van der Waals surface area contributed by atoms with E-state index >= 15 is 0 Å². The summed E-state index contributed by atoms with van der Waals surface area (Å²) in [5, 5.41) is 5.96. The molecule has 3 aromatic heterocycles. The van der Waals surface area contributed by atoms with Gasteiger partial charge in [0.2, 0.25) is 0 Å². The summed E-state index contributed by atoms with van der Waals surface area (Å²) >= 11 is 1.72. The zero-order chi connectivity index (χ0) is 13.7. The lowest BCUT2D eigenvalue weighted by atomic mass is 9.93. The zero-order valence-electron chi connectivity index (χ0n) is 11.6. The average molecular weight is 284 g/mol. The second-order valence-electron chi connectivity index (χ2n) is 5.45. The summed E-state index contributed by atoms with van der Waals surface area (Å²) in [6, 6.07) is 2.67. The van der Waals surface area contributed by atoms with Crippen LogP contribution in [0, 0.1) is 13.8 Å². The number of nitrogens with zero attached hydrogens (tertiary/aromatic N) is 3. The molecule has 1 aliphatic rings. The van der Waals surface area contributed by atoms with Gasteiger partial charge in [0.1, 0.15) is 16.5 Å². The molecule has 102 valence electrons. The number of anilines is 1. The lowest BCUT2D eigenvalue weighted by Crippen LogP contribution is -2.27. The van der Waals surface area contributed by atoms with Crippen LogP contribution in [0.5, 0.6) is 0 Å². The number of hydrogen-bond acceptors (Lipinski definition) is 5. The van der Waals surface area contributed by atoms with Gasteiger partial charge in [0.25, 0.3) is 0 Å². The first-order valence-corrected chi connectivity index (χ1v) is 7.83. The summed E-state index contributed by atoms with van der Waals surface area (Å²) in [5.74, 6) is 1.84. The first-order valence-electron chi connectivity index (χ1n) is 7.01. The van der Waals surface area contributed by atoms with E-state index in [1.165, 1.54) is 34.7 Å². The second kappa shape index (κ2) is 4.38. The summed E-state index contributed by atoms with van der Waals surface area (Å²) in [6.07, 6.45) is 5.71. The molecule has 0 saturated heterocycles. The number of nitrogens with one attached hydrogen (secondary N) is 1. The van der Waals surface area contributed by atoms with Crippen LogP contribution in [0.3, 0.4) is 0 Å². The quantitative estimate of drug-likeness (QED) is 0.777. The van der Waals surface area contributed by atoms with Crippen LogP contribution in [-0.2, 0) is 0 Å². The minimum Gasteiger partial charge on any atom is -0.366 e. The van der Waals surface area contributed by atoms with Crippen molar-refractivity contribution in [1.29, 1.82) is 0 Å². The van der Waals surface area contributed by atoms with Crippen molar-refractivity contribution in [3.8, 4) is 0 Å². The van der Waals surface area contributed by atoms with Gasteiger partial charge in [0.15, 0.2) is 0 Å². The number of hydrogen-bond donors (Lipinski definition) is 1. The van der Waals surface area contributed by atoms with Gasteiger partial charge in [-0.05, 0) is 39.2 Å². The highest BCUT2D eigenvalue weighted by atomic mass is 32.1. The van der Waals surface area contributed by atoms with Crippen LogP contribution < -0.4 is 5.32 Å². The summed E-state index contributed by atoms with van der Waals surface area (Å²) in [4.78, 5) is 14.7. The number of fused-ring (bicyclic) bond motifs is 3. The van der Waals surface area contributed by atoms with Crippen molar-refractivity contribution < 1.29 is 0 Å². The predicted molar refractivity (Wildman–Crippen MR) is 83.5 cm³/mol. The lowest BCUT2D eigenvalue weighted by Gasteiger charge is -2.27. The minimum atomic E-state index is 0.590. The van der Waals surface area contributed by atoms with Crippen LogP contribution in [-0.4, -0.2) is 21.0 Å². The third kappa shape index (κ3) is 1.77. The third-order valence-electron chi connectivity index (χ3n) is 3.99. The zero-order valence-corrected chi connectivity index (χ0v) is 12.4. The van der Waals surface area contributed by atoms with Gasteiger partial charge in [-0.25, -0.2) is 15.0 Å². The standard InChI is InChI=1S/C15H16N4S/c1-8-12-11-6-7-16-14(19-10-4-3-5-10)13(11)20-15(12)18-9(2)17-8/h6-7,10H,3-5H2,1-2H3,(H,16,19). The Hall–Kier alpha value is -1.75. The summed E-state index contributed by atoms with van der Waals surface area (Å²) in [6.45, 7) is 4.01. The van der Waals surface area contributed by atoms with Gasteiger partial charge in [-0.1, -0.05) is 0 Å². The average Bonchev–Trinajstić information content (AvgIpc) is 2.72. The van der Waals surface area contributed by atoms with Crippen LogP contribution in [0.15, 0.2) is 12.3 Å². The Kier molecular flexibility index (Phi) is 2.63. The molecule has 0 aliphatic heterocycles.